The molecule has 1 aromatic carbocycles. The Labute approximate surface area is 120 Å². The van der Waals surface area contributed by atoms with Crippen LogP contribution in [-0.2, 0) is 12.7 Å². The van der Waals surface area contributed by atoms with E-state index in [1.807, 2.05) is 13.8 Å². The fourth-order valence-electron chi connectivity index (χ4n) is 2.00. The van der Waals surface area contributed by atoms with Gasteiger partial charge in [-0.3, -0.25) is 4.98 Å². The number of hydrogen-bond acceptors (Lipinski definition) is 3. The van der Waals surface area contributed by atoms with Gasteiger partial charge < -0.3 is 10.5 Å². The number of pyridine rings is 1. The lowest BCUT2D eigenvalue weighted by atomic mass is 10.1. The van der Waals surface area contributed by atoms with Crippen LogP contribution in [0.2, 0.25) is 0 Å². The van der Waals surface area contributed by atoms with Gasteiger partial charge in [0.2, 0.25) is 0 Å². The van der Waals surface area contributed by atoms with Crippen molar-refractivity contribution in [2.45, 2.75) is 26.6 Å². The molecular weight excluding hydrogens is 281 g/mol. The van der Waals surface area contributed by atoms with Crippen LogP contribution in [0.3, 0.4) is 0 Å². The molecule has 112 valence electrons. The van der Waals surface area contributed by atoms with Gasteiger partial charge in [-0.2, -0.15) is 13.2 Å². The van der Waals surface area contributed by atoms with Gasteiger partial charge in [0, 0.05) is 29.6 Å². The van der Waals surface area contributed by atoms with Gasteiger partial charge in [0.25, 0.3) is 0 Å². The van der Waals surface area contributed by atoms with Crippen LogP contribution < -0.4 is 10.5 Å². The molecule has 0 aliphatic carbocycles. The molecular formula is C15H15F3N2O. The predicted octanol–water partition coefficient (Wildman–Crippen LogP) is 3.97. The third-order valence-electron chi connectivity index (χ3n) is 3.03. The lowest BCUT2D eigenvalue weighted by molar-refractivity contribution is -0.137. The number of hydrogen-bond donors (Lipinski definition) is 1. The summed E-state index contributed by atoms with van der Waals surface area (Å²) in [5.41, 5.74) is 7.20. The largest absolute Gasteiger partial charge is 0.457 e. The van der Waals surface area contributed by atoms with E-state index < -0.39 is 11.7 Å². The van der Waals surface area contributed by atoms with Crippen molar-refractivity contribution in [2.24, 2.45) is 5.73 Å². The molecule has 0 amide bonds. The van der Waals surface area contributed by atoms with E-state index in [9.17, 15) is 13.2 Å². The quantitative estimate of drug-likeness (QED) is 0.932. The molecule has 0 atom stereocenters. The monoisotopic (exact) mass is 296 g/mol. The molecule has 0 spiro atoms. The zero-order valence-corrected chi connectivity index (χ0v) is 11.7. The molecule has 3 nitrogen and oxygen atoms in total. The van der Waals surface area contributed by atoms with Crippen LogP contribution in [0.1, 0.15) is 22.5 Å². The van der Waals surface area contributed by atoms with Crippen molar-refractivity contribution in [3.63, 3.8) is 0 Å². The Bertz CT molecular complexity index is 637. The molecule has 2 aromatic rings. The molecule has 1 heterocycles. The maximum Gasteiger partial charge on any atom is 0.416 e. The third-order valence-corrected chi connectivity index (χ3v) is 3.03. The Balaban J connectivity index is 2.30. The summed E-state index contributed by atoms with van der Waals surface area (Å²) in [5, 5.41) is 0. The first kappa shape index (κ1) is 15.3. The van der Waals surface area contributed by atoms with Crippen LogP contribution in [0.25, 0.3) is 0 Å². The summed E-state index contributed by atoms with van der Waals surface area (Å²) in [4.78, 5) is 4.28. The molecule has 2 rings (SSSR count). The highest BCUT2D eigenvalue weighted by Crippen LogP contribution is 2.32. The number of nitrogens with zero attached hydrogens (tertiary/aromatic N) is 1. The minimum absolute atomic E-state index is 0.245. The SMILES string of the molecule is Cc1cc(Oc2ccc(C(F)(F)F)cc2)c(CN)c(C)n1. The van der Waals surface area contributed by atoms with Crippen LogP contribution >= 0.6 is 0 Å². The van der Waals surface area contributed by atoms with Crippen molar-refractivity contribution >= 4 is 0 Å². The average Bonchev–Trinajstić information content (AvgIpc) is 2.38. The molecule has 0 saturated carbocycles. The number of aryl methyl sites for hydroxylation is 2. The van der Waals surface area contributed by atoms with Crippen molar-refractivity contribution < 1.29 is 17.9 Å². The smallest absolute Gasteiger partial charge is 0.416 e. The van der Waals surface area contributed by atoms with Crippen LogP contribution in [0.15, 0.2) is 30.3 Å². The first-order chi connectivity index (χ1) is 9.81. The minimum Gasteiger partial charge on any atom is -0.457 e. The van der Waals surface area contributed by atoms with Crippen molar-refractivity contribution in [3.8, 4) is 11.5 Å². The van der Waals surface area contributed by atoms with Gasteiger partial charge in [0.1, 0.15) is 11.5 Å². The van der Waals surface area contributed by atoms with Crippen molar-refractivity contribution in [3.05, 3.63) is 52.8 Å². The molecule has 0 aliphatic rings. The maximum atomic E-state index is 12.5. The second-order valence-corrected chi connectivity index (χ2v) is 4.65. The molecule has 0 radical (unpaired) electrons. The summed E-state index contributed by atoms with van der Waals surface area (Å²) < 4.78 is 43.2. The first-order valence-electron chi connectivity index (χ1n) is 6.33. The number of benzene rings is 1. The highest BCUT2D eigenvalue weighted by molar-refractivity contribution is 5.41. The summed E-state index contributed by atoms with van der Waals surface area (Å²) in [6.45, 7) is 3.87. The zero-order valence-electron chi connectivity index (χ0n) is 11.7. The van der Waals surface area contributed by atoms with Crippen LogP contribution in [0, 0.1) is 13.8 Å². The van der Waals surface area contributed by atoms with Crippen LogP contribution in [0.4, 0.5) is 13.2 Å². The van der Waals surface area contributed by atoms with Gasteiger partial charge in [-0.1, -0.05) is 0 Å². The number of rotatable bonds is 3. The van der Waals surface area contributed by atoms with Gasteiger partial charge in [0.05, 0.1) is 5.56 Å². The molecule has 1 aromatic heterocycles. The molecule has 2 N–H and O–H groups in total. The number of aromatic nitrogens is 1. The molecule has 0 saturated heterocycles. The Morgan fingerprint density at radius 3 is 2.29 bits per heavy atom. The van der Waals surface area contributed by atoms with Gasteiger partial charge in [-0.25, -0.2) is 0 Å². The van der Waals surface area contributed by atoms with Gasteiger partial charge in [-0.15, -0.1) is 0 Å². The van der Waals surface area contributed by atoms with E-state index in [1.54, 1.807) is 6.07 Å². The third kappa shape index (κ3) is 3.52. The summed E-state index contributed by atoms with van der Waals surface area (Å²) >= 11 is 0. The average molecular weight is 296 g/mol. The van der Waals surface area contributed by atoms with Crippen molar-refractivity contribution in [1.82, 2.24) is 4.98 Å². The standard InChI is InChI=1S/C15H15F3N2O/c1-9-7-14(13(8-19)10(2)20-9)21-12-5-3-11(4-6-12)15(16,17)18/h3-7H,8,19H2,1-2H3. The summed E-state index contributed by atoms with van der Waals surface area (Å²) in [6.07, 6.45) is -4.36. The molecule has 0 unspecified atom stereocenters. The first-order valence-corrected chi connectivity index (χ1v) is 6.33. The maximum absolute atomic E-state index is 12.5. The van der Waals surface area contributed by atoms with Crippen LogP contribution in [0.5, 0.6) is 11.5 Å². The van der Waals surface area contributed by atoms with E-state index >= 15 is 0 Å². The van der Waals surface area contributed by atoms with E-state index in [0.717, 1.165) is 29.1 Å². The van der Waals surface area contributed by atoms with Gasteiger partial charge >= 0.3 is 6.18 Å². The normalized spacial score (nSPS) is 11.5. The van der Waals surface area contributed by atoms with Gasteiger partial charge in [-0.05, 0) is 38.1 Å². The molecule has 21 heavy (non-hydrogen) atoms. The van der Waals surface area contributed by atoms with Gasteiger partial charge in [0.15, 0.2) is 0 Å². The molecule has 0 fully saturated rings. The second-order valence-electron chi connectivity index (χ2n) is 4.65. The number of nitrogens with two attached hydrogens (primary N) is 1. The molecule has 0 bridgehead atoms. The van der Waals surface area contributed by atoms with E-state index in [4.69, 9.17) is 10.5 Å². The Kier molecular flexibility index (Phi) is 4.18. The number of halogens is 3. The van der Waals surface area contributed by atoms with E-state index in [-0.39, 0.29) is 6.54 Å². The summed E-state index contributed by atoms with van der Waals surface area (Å²) in [6, 6.07) is 6.26. The Morgan fingerprint density at radius 2 is 1.76 bits per heavy atom. The lowest BCUT2D eigenvalue weighted by Gasteiger charge is -2.13. The Hall–Kier alpha value is -2.08. The highest BCUT2D eigenvalue weighted by Gasteiger charge is 2.30. The Morgan fingerprint density at radius 1 is 1.14 bits per heavy atom. The summed E-state index contributed by atoms with van der Waals surface area (Å²) in [5.74, 6) is 0.838. The fraction of sp³-hybridized carbons (Fsp3) is 0.267. The number of alkyl halides is 3. The molecule has 6 heteroatoms. The topological polar surface area (TPSA) is 48.1 Å². The molecule has 0 aliphatic heterocycles. The second kappa shape index (κ2) is 5.73. The zero-order chi connectivity index (χ0) is 15.6. The fourth-order valence-corrected chi connectivity index (χ4v) is 2.00. The lowest BCUT2D eigenvalue weighted by Crippen LogP contribution is -2.06. The van der Waals surface area contributed by atoms with E-state index in [0.29, 0.717) is 11.5 Å². The van der Waals surface area contributed by atoms with E-state index in [1.165, 1.54) is 12.1 Å². The van der Waals surface area contributed by atoms with E-state index in [2.05, 4.69) is 4.98 Å². The minimum atomic E-state index is -4.36. The van der Waals surface area contributed by atoms with Crippen LogP contribution in [-0.4, -0.2) is 4.98 Å². The summed E-state index contributed by atoms with van der Waals surface area (Å²) in [7, 11) is 0. The highest BCUT2D eigenvalue weighted by atomic mass is 19.4. The predicted molar refractivity (Wildman–Crippen MR) is 73.1 cm³/mol. The number of ether oxygens (including phenoxy) is 1. The van der Waals surface area contributed by atoms with Crippen molar-refractivity contribution in [1.29, 1.82) is 0 Å². The van der Waals surface area contributed by atoms with Crippen molar-refractivity contribution in [2.75, 3.05) is 0 Å².